The molecule has 2 rings (SSSR count). The molecule has 0 aliphatic heterocycles. The van der Waals surface area contributed by atoms with Gasteiger partial charge in [0.2, 0.25) is 0 Å². The van der Waals surface area contributed by atoms with Crippen LogP contribution in [0.3, 0.4) is 0 Å². The van der Waals surface area contributed by atoms with Gasteiger partial charge >= 0.3 is 5.97 Å². The lowest BCUT2D eigenvalue weighted by atomic mass is 10.0. The topological polar surface area (TPSA) is 55.4 Å². The summed E-state index contributed by atoms with van der Waals surface area (Å²) in [6.07, 6.45) is 0.715. The van der Waals surface area contributed by atoms with Crippen LogP contribution in [0.5, 0.6) is 0 Å². The smallest absolute Gasteiger partial charge is 0.339 e. The molecule has 4 nitrogen and oxygen atoms in total. The summed E-state index contributed by atoms with van der Waals surface area (Å²) in [6.45, 7) is 3.56. The quantitative estimate of drug-likeness (QED) is 0.725. The predicted octanol–water partition coefficient (Wildman–Crippen LogP) is 4.32. The summed E-state index contributed by atoms with van der Waals surface area (Å²) in [6, 6.07) is 11.4. The number of rotatable bonds is 6. The Morgan fingerprint density at radius 3 is 2.48 bits per heavy atom. The van der Waals surface area contributed by atoms with E-state index < -0.39 is 18.4 Å². The molecule has 2 aromatic carbocycles. The zero-order valence-corrected chi connectivity index (χ0v) is 15.6. The molecular weight excluding hydrogens is 389 g/mol. The third-order valence-corrected chi connectivity index (χ3v) is 4.36. The lowest BCUT2D eigenvalue weighted by molar-refractivity contribution is -0.125. The number of esters is 1. The average molecular weight is 408 g/mol. The van der Waals surface area contributed by atoms with Gasteiger partial charge in [0, 0.05) is 4.47 Å². The van der Waals surface area contributed by atoms with E-state index in [1.54, 1.807) is 0 Å². The van der Waals surface area contributed by atoms with Crippen molar-refractivity contribution in [3.63, 3.8) is 0 Å². The number of hydrogen-bond donors (Lipinski definition) is 1. The first-order valence-electron chi connectivity index (χ1n) is 7.88. The fourth-order valence-corrected chi connectivity index (χ4v) is 2.83. The molecule has 1 amide bonds. The second-order valence-electron chi connectivity index (χ2n) is 5.64. The van der Waals surface area contributed by atoms with Crippen LogP contribution in [-0.4, -0.2) is 18.5 Å². The van der Waals surface area contributed by atoms with Gasteiger partial charge in [-0.3, -0.25) is 4.79 Å². The van der Waals surface area contributed by atoms with E-state index in [0.29, 0.717) is 6.42 Å². The second-order valence-corrected chi connectivity index (χ2v) is 6.49. The summed E-state index contributed by atoms with van der Waals surface area (Å²) < 4.78 is 18.3. The van der Waals surface area contributed by atoms with E-state index in [1.807, 2.05) is 38.1 Å². The monoisotopic (exact) mass is 407 g/mol. The highest BCUT2D eigenvalue weighted by atomic mass is 79.9. The second kappa shape index (κ2) is 8.76. The molecule has 1 N–H and O–H groups in total. The maximum atomic E-state index is 13.0. The molecule has 0 saturated carbocycles. The average Bonchev–Trinajstić information content (AvgIpc) is 2.58. The molecule has 0 heterocycles. The van der Waals surface area contributed by atoms with Gasteiger partial charge in [0.05, 0.1) is 11.6 Å². The molecule has 0 saturated heterocycles. The van der Waals surface area contributed by atoms with Gasteiger partial charge < -0.3 is 10.1 Å². The molecule has 0 aliphatic carbocycles. The van der Waals surface area contributed by atoms with Crippen molar-refractivity contribution >= 4 is 27.8 Å². The number of benzene rings is 2. The van der Waals surface area contributed by atoms with Crippen LogP contribution < -0.4 is 5.32 Å². The highest BCUT2D eigenvalue weighted by molar-refractivity contribution is 9.10. The number of nitrogens with one attached hydrogen (secondary N) is 1. The van der Waals surface area contributed by atoms with Crippen molar-refractivity contribution in [2.45, 2.75) is 26.3 Å². The largest absolute Gasteiger partial charge is 0.452 e. The van der Waals surface area contributed by atoms with Crippen LogP contribution in [0, 0.1) is 12.7 Å². The van der Waals surface area contributed by atoms with Crippen LogP contribution in [0.2, 0.25) is 0 Å². The maximum absolute atomic E-state index is 13.0. The molecule has 132 valence electrons. The molecule has 0 spiro atoms. The Bertz CT molecular complexity index is 762. The van der Waals surface area contributed by atoms with Gasteiger partial charge in [0.15, 0.2) is 6.61 Å². The minimum atomic E-state index is -0.689. The fraction of sp³-hybridized carbons (Fsp3) is 0.263. The van der Waals surface area contributed by atoms with Crippen LogP contribution in [-0.2, 0) is 9.53 Å². The molecule has 0 radical (unpaired) electrons. The van der Waals surface area contributed by atoms with E-state index in [0.717, 1.165) is 17.2 Å². The zero-order valence-electron chi connectivity index (χ0n) is 14.0. The van der Waals surface area contributed by atoms with E-state index in [2.05, 4.69) is 21.2 Å². The Labute approximate surface area is 154 Å². The van der Waals surface area contributed by atoms with Crippen LogP contribution in [0.4, 0.5) is 4.39 Å². The number of carbonyl (C=O) groups excluding carboxylic acids is 2. The minimum Gasteiger partial charge on any atom is -0.452 e. The van der Waals surface area contributed by atoms with E-state index >= 15 is 0 Å². The van der Waals surface area contributed by atoms with Crippen LogP contribution in [0.15, 0.2) is 46.9 Å². The van der Waals surface area contributed by atoms with E-state index in [9.17, 15) is 14.0 Å². The first-order chi connectivity index (χ1) is 11.9. The summed E-state index contributed by atoms with van der Waals surface area (Å²) in [7, 11) is 0. The number of amides is 1. The van der Waals surface area contributed by atoms with Crippen molar-refractivity contribution in [1.29, 1.82) is 0 Å². The predicted molar refractivity (Wildman–Crippen MR) is 96.7 cm³/mol. The van der Waals surface area contributed by atoms with E-state index in [4.69, 9.17) is 4.74 Å². The zero-order chi connectivity index (χ0) is 18.4. The first kappa shape index (κ1) is 19.1. The Balaban J connectivity index is 1.92. The van der Waals surface area contributed by atoms with Gasteiger partial charge in [-0.1, -0.05) is 36.8 Å². The van der Waals surface area contributed by atoms with Crippen molar-refractivity contribution in [2.75, 3.05) is 6.61 Å². The number of aryl methyl sites for hydroxylation is 1. The van der Waals surface area contributed by atoms with Gasteiger partial charge in [-0.25, -0.2) is 9.18 Å². The van der Waals surface area contributed by atoms with Gasteiger partial charge in [-0.05, 0) is 53.0 Å². The molecule has 25 heavy (non-hydrogen) atoms. The number of hydrogen-bond acceptors (Lipinski definition) is 3. The van der Waals surface area contributed by atoms with Crippen molar-refractivity contribution in [1.82, 2.24) is 5.32 Å². The van der Waals surface area contributed by atoms with E-state index in [-0.39, 0.29) is 22.0 Å². The molecule has 0 bridgehead atoms. The number of ether oxygens (including phenoxy) is 1. The van der Waals surface area contributed by atoms with Crippen LogP contribution >= 0.6 is 15.9 Å². The minimum absolute atomic E-state index is 0.149. The molecule has 0 unspecified atom stereocenters. The SMILES string of the molecule is CC[C@H](NC(=O)COC(=O)c1ccc(F)cc1Br)c1ccc(C)cc1. The van der Waals surface area contributed by atoms with Crippen molar-refractivity contribution in [2.24, 2.45) is 0 Å². The summed E-state index contributed by atoms with van der Waals surface area (Å²) in [5, 5.41) is 2.85. The molecule has 0 aliphatic rings. The third kappa shape index (κ3) is 5.39. The van der Waals surface area contributed by atoms with Crippen molar-refractivity contribution in [3.8, 4) is 0 Å². The molecule has 2 aromatic rings. The Morgan fingerprint density at radius 2 is 1.88 bits per heavy atom. The van der Waals surface area contributed by atoms with Crippen molar-refractivity contribution in [3.05, 3.63) is 69.4 Å². The van der Waals surface area contributed by atoms with E-state index in [1.165, 1.54) is 12.1 Å². The summed E-state index contributed by atoms with van der Waals surface area (Å²) >= 11 is 3.10. The highest BCUT2D eigenvalue weighted by Gasteiger charge is 2.16. The highest BCUT2D eigenvalue weighted by Crippen LogP contribution is 2.19. The number of carbonyl (C=O) groups is 2. The molecule has 6 heteroatoms. The molecular formula is C19H19BrFNO3. The maximum Gasteiger partial charge on any atom is 0.339 e. The normalized spacial score (nSPS) is 11.7. The molecule has 0 aromatic heterocycles. The van der Waals surface area contributed by atoms with Crippen LogP contribution in [0.1, 0.15) is 40.9 Å². The molecule has 1 atom stereocenters. The summed E-state index contributed by atoms with van der Waals surface area (Å²) in [4.78, 5) is 24.1. The Hall–Kier alpha value is -2.21. The summed E-state index contributed by atoms with van der Waals surface area (Å²) in [5.41, 5.74) is 2.30. The molecule has 0 fully saturated rings. The lowest BCUT2D eigenvalue weighted by Crippen LogP contribution is -2.32. The first-order valence-corrected chi connectivity index (χ1v) is 8.68. The van der Waals surface area contributed by atoms with Gasteiger partial charge in [-0.2, -0.15) is 0 Å². The van der Waals surface area contributed by atoms with Gasteiger partial charge in [0.25, 0.3) is 5.91 Å². The lowest BCUT2D eigenvalue weighted by Gasteiger charge is -2.17. The standard InChI is InChI=1S/C19H19BrFNO3/c1-3-17(13-6-4-12(2)5-7-13)22-18(23)11-25-19(24)15-9-8-14(21)10-16(15)20/h4-10,17H,3,11H2,1-2H3,(H,22,23)/t17-/m0/s1. The summed E-state index contributed by atoms with van der Waals surface area (Å²) in [5.74, 6) is -1.55. The van der Waals surface area contributed by atoms with Gasteiger partial charge in [-0.15, -0.1) is 0 Å². The Morgan fingerprint density at radius 1 is 1.20 bits per heavy atom. The van der Waals surface area contributed by atoms with Gasteiger partial charge in [0.1, 0.15) is 5.82 Å². The van der Waals surface area contributed by atoms with Crippen LogP contribution in [0.25, 0.3) is 0 Å². The third-order valence-electron chi connectivity index (χ3n) is 3.71. The van der Waals surface area contributed by atoms with Crippen molar-refractivity contribution < 1.29 is 18.7 Å². The number of halogens is 2. The Kier molecular flexibility index (Phi) is 6.70. The fourth-order valence-electron chi connectivity index (χ4n) is 2.32.